The Bertz CT molecular complexity index is 497. The number of rotatable bonds is 17. The average Bonchev–Trinajstić information content (AvgIpc) is 3.59. The van der Waals surface area contributed by atoms with E-state index in [4.69, 9.17) is 42.9 Å². The molecule has 168 valence electrons. The molecular weight excluding hydrogens is 396 g/mol. The lowest BCUT2D eigenvalue weighted by Gasteiger charge is -2.47. The molecule has 4 saturated heterocycles. The van der Waals surface area contributed by atoms with Crippen molar-refractivity contribution in [3.05, 3.63) is 0 Å². The van der Waals surface area contributed by atoms with Gasteiger partial charge in [0.05, 0.1) is 59.5 Å². The van der Waals surface area contributed by atoms with E-state index >= 15 is 0 Å². The molecule has 29 heavy (non-hydrogen) atoms. The molecule has 0 amide bonds. The molecule has 4 fully saturated rings. The van der Waals surface area contributed by atoms with Crippen molar-refractivity contribution in [3.63, 3.8) is 0 Å². The van der Waals surface area contributed by atoms with E-state index < -0.39 is 30.9 Å². The summed E-state index contributed by atoms with van der Waals surface area (Å²) < 4.78 is 37.6. The Balaban J connectivity index is 1.53. The molecule has 0 saturated carbocycles. The van der Waals surface area contributed by atoms with Gasteiger partial charge in [-0.1, -0.05) is 0 Å². The van der Waals surface area contributed by atoms with Crippen LogP contribution in [0.2, 0.25) is 0 Å². The number of hydrogen-bond acceptors (Lipinski definition) is 12. The van der Waals surface area contributed by atoms with Gasteiger partial charge in [0.25, 0.3) is 0 Å². The van der Waals surface area contributed by atoms with Gasteiger partial charge < -0.3 is 48.5 Å². The van der Waals surface area contributed by atoms with Gasteiger partial charge in [-0.25, -0.2) is 4.89 Å². The highest BCUT2D eigenvalue weighted by molar-refractivity contribution is 4.92. The molecule has 0 aromatic rings. The lowest BCUT2D eigenvalue weighted by molar-refractivity contribution is -0.555. The molecule has 5 unspecified atom stereocenters. The quantitative estimate of drug-likeness (QED) is 0.0979. The number of aliphatic hydroxyl groups excluding tert-OH is 3. The molecule has 12 heteroatoms. The first kappa shape index (κ1) is 21.7. The van der Waals surface area contributed by atoms with E-state index in [1.165, 1.54) is 0 Å². The van der Waals surface area contributed by atoms with Gasteiger partial charge in [0.15, 0.2) is 11.7 Å². The number of hydrogen-bond donors (Lipinski definition) is 3. The fourth-order valence-corrected chi connectivity index (χ4v) is 2.62. The summed E-state index contributed by atoms with van der Waals surface area (Å²) >= 11 is 0. The first-order valence-corrected chi connectivity index (χ1v) is 9.67. The van der Waals surface area contributed by atoms with Crippen molar-refractivity contribution in [1.82, 2.24) is 0 Å². The summed E-state index contributed by atoms with van der Waals surface area (Å²) in [5.74, 6) is -2.20. The molecule has 0 aromatic carbocycles. The lowest BCUT2D eigenvalue weighted by atomic mass is 9.85. The van der Waals surface area contributed by atoms with Crippen LogP contribution in [-0.4, -0.2) is 118 Å². The Morgan fingerprint density at radius 2 is 1.21 bits per heavy atom. The van der Waals surface area contributed by atoms with Crippen LogP contribution >= 0.6 is 0 Å². The van der Waals surface area contributed by atoms with E-state index in [1.54, 1.807) is 0 Å². The van der Waals surface area contributed by atoms with Crippen LogP contribution in [0, 0.1) is 5.41 Å². The zero-order chi connectivity index (χ0) is 20.3. The summed E-state index contributed by atoms with van der Waals surface area (Å²) in [7, 11) is 0. The van der Waals surface area contributed by atoms with Gasteiger partial charge >= 0.3 is 5.97 Å². The molecule has 0 spiro atoms. The van der Waals surface area contributed by atoms with Crippen molar-refractivity contribution in [2.75, 3.05) is 66.1 Å². The van der Waals surface area contributed by atoms with Gasteiger partial charge in [0.1, 0.15) is 31.0 Å². The Labute approximate surface area is 167 Å². The van der Waals surface area contributed by atoms with E-state index in [2.05, 4.69) is 0 Å². The van der Waals surface area contributed by atoms with Crippen molar-refractivity contribution in [2.45, 2.75) is 36.7 Å². The minimum absolute atomic E-state index is 0.0228. The summed E-state index contributed by atoms with van der Waals surface area (Å²) in [5, 5.41) is 31.2. The van der Waals surface area contributed by atoms with Crippen LogP contribution in [-0.2, 0) is 42.9 Å². The summed E-state index contributed by atoms with van der Waals surface area (Å²) in [4.78, 5) is 10.8. The molecule has 0 aromatic heterocycles. The minimum Gasteiger partial charge on any atom is -0.395 e. The highest BCUT2D eigenvalue weighted by Gasteiger charge is 2.63. The second kappa shape index (κ2) is 9.34. The largest absolute Gasteiger partial charge is 0.395 e. The molecule has 4 rings (SSSR count). The summed E-state index contributed by atoms with van der Waals surface area (Å²) in [6.07, 6.45) is -2.39. The van der Waals surface area contributed by atoms with E-state index in [0.717, 1.165) is 0 Å². The zero-order valence-electron chi connectivity index (χ0n) is 16.0. The van der Waals surface area contributed by atoms with Crippen LogP contribution in [0.1, 0.15) is 0 Å². The number of aliphatic hydroxyl groups is 3. The van der Waals surface area contributed by atoms with Crippen molar-refractivity contribution < 1.29 is 58.3 Å². The summed E-state index contributed by atoms with van der Waals surface area (Å²) in [5.41, 5.74) is -1.95. The van der Waals surface area contributed by atoms with Gasteiger partial charge in [-0.15, -0.1) is 0 Å². The average molecular weight is 424 g/mol. The first-order chi connectivity index (χ1) is 14.1. The molecule has 0 aliphatic carbocycles. The number of ether oxygens (including phenoxy) is 7. The summed E-state index contributed by atoms with van der Waals surface area (Å²) in [6.45, 7) is 0.611. The first-order valence-electron chi connectivity index (χ1n) is 9.67. The van der Waals surface area contributed by atoms with Crippen molar-refractivity contribution in [3.8, 4) is 0 Å². The highest BCUT2D eigenvalue weighted by atomic mass is 17.3. The lowest BCUT2D eigenvalue weighted by Crippen LogP contribution is -2.65. The normalized spacial score (nSPS) is 33.2. The Kier molecular flexibility index (Phi) is 7.00. The zero-order valence-corrected chi connectivity index (χ0v) is 16.0. The van der Waals surface area contributed by atoms with Crippen LogP contribution in [0.4, 0.5) is 0 Å². The second-order valence-electron chi connectivity index (χ2n) is 7.53. The molecule has 5 atom stereocenters. The maximum Gasteiger partial charge on any atom is 0.327 e. The standard InChI is InChI=1S/C17H28O12/c18-9-16(10-19,15(20)25-5-11-1-21-11)17(26-6-12-2-22-12,27-7-13-3-23-13)29-28-8-14-4-24-14/h11-15,18-20H,1-10H2. The predicted octanol–water partition coefficient (Wildman–Crippen LogP) is -2.48. The smallest absolute Gasteiger partial charge is 0.327 e. The van der Waals surface area contributed by atoms with E-state index in [0.29, 0.717) is 26.4 Å². The SMILES string of the molecule is OCC(CO)(C(O)OCC1CO1)C(OCC1CO1)(OCC1CO1)OOCC1CO1. The van der Waals surface area contributed by atoms with Crippen molar-refractivity contribution >= 4 is 0 Å². The van der Waals surface area contributed by atoms with Crippen LogP contribution in [0.3, 0.4) is 0 Å². The van der Waals surface area contributed by atoms with E-state index in [-0.39, 0.29) is 50.8 Å². The third-order valence-corrected chi connectivity index (χ3v) is 5.04. The third kappa shape index (κ3) is 5.61. The van der Waals surface area contributed by atoms with Gasteiger partial charge in [-0.05, 0) is 0 Å². The van der Waals surface area contributed by atoms with Gasteiger partial charge in [-0.3, -0.25) is 0 Å². The topological polar surface area (TPSA) is 157 Å². The molecular formula is C17H28O12. The van der Waals surface area contributed by atoms with Crippen molar-refractivity contribution in [2.24, 2.45) is 5.41 Å². The maximum atomic E-state index is 10.8. The number of epoxide rings is 4. The highest BCUT2D eigenvalue weighted by Crippen LogP contribution is 2.42. The molecule has 0 bridgehead atoms. The van der Waals surface area contributed by atoms with Gasteiger partial charge in [0.2, 0.25) is 0 Å². The Morgan fingerprint density at radius 1 is 0.759 bits per heavy atom. The molecule has 4 aliphatic rings. The van der Waals surface area contributed by atoms with Crippen molar-refractivity contribution in [1.29, 1.82) is 0 Å². The van der Waals surface area contributed by atoms with Crippen LogP contribution in [0.15, 0.2) is 0 Å². The monoisotopic (exact) mass is 424 g/mol. The van der Waals surface area contributed by atoms with Gasteiger partial charge in [0, 0.05) is 0 Å². The molecule has 12 nitrogen and oxygen atoms in total. The molecule has 3 N–H and O–H groups in total. The Hall–Kier alpha value is -0.480. The molecule has 4 heterocycles. The van der Waals surface area contributed by atoms with Crippen LogP contribution in [0.25, 0.3) is 0 Å². The van der Waals surface area contributed by atoms with Crippen LogP contribution < -0.4 is 0 Å². The minimum atomic E-state index is -2.20. The fraction of sp³-hybridized carbons (Fsp3) is 1.00. The molecule has 4 aliphatic heterocycles. The fourth-order valence-electron chi connectivity index (χ4n) is 2.62. The van der Waals surface area contributed by atoms with Gasteiger partial charge in [-0.2, -0.15) is 4.89 Å². The second-order valence-corrected chi connectivity index (χ2v) is 7.53. The summed E-state index contributed by atoms with van der Waals surface area (Å²) in [6, 6.07) is 0. The Morgan fingerprint density at radius 3 is 1.66 bits per heavy atom. The maximum absolute atomic E-state index is 10.8. The van der Waals surface area contributed by atoms with E-state index in [1.807, 2.05) is 0 Å². The predicted molar refractivity (Wildman–Crippen MR) is 89.2 cm³/mol. The van der Waals surface area contributed by atoms with E-state index in [9.17, 15) is 15.3 Å². The molecule has 0 radical (unpaired) electrons. The third-order valence-electron chi connectivity index (χ3n) is 5.04. The van der Waals surface area contributed by atoms with Crippen LogP contribution in [0.5, 0.6) is 0 Å².